The summed E-state index contributed by atoms with van der Waals surface area (Å²) in [5.74, 6) is 1.99. The van der Waals surface area contributed by atoms with Gasteiger partial charge in [0.05, 0.1) is 7.11 Å². The third-order valence-electron chi connectivity index (χ3n) is 3.76. The van der Waals surface area contributed by atoms with E-state index in [-0.39, 0.29) is 6.10 Å². The van der Waals surface area contributed by atoms with Gasteiger partial charge in [0.2, 0.25) is 5.75 Å². The molecule has 2 aromatic rings. The minimum Gasteiger partial charge on any atom is -0.493 e. The van der Waals surface area contributed by atoms with Gasteiger partial charge in [0.15, 0.2) is 17.6 Å². The van der Waals surface area contributed by atoms with Crippen molar-refractivity contribution in [3.63, 3.8) is 0 Å². The van der Waals surface area contributed by atoms with Crippen molar-refractivity contribution in [2.24, 2.45) is 0 Å². The Morgan fingerprint density at radius 2 is 2.23 bits per heavy atom. The van der Waals surface area contributed by atoms with E-state index in [0.717, 1.165) is 23.4 Å². The van der Waals surface area contributed by atoms with Crippen LogP contribution in [0.3, 0.4) is 0 Å². The average Bonchev–Trinajstić information content (AvgIpc) is 2.60. The molecule has 0 saturated carbocycles. The van der Waals surface area contributed by atoms with Gasteiger partial charge in [-0.25, -0.2) is 0 Å². The normalized spacial score (nSPS) is 16.2. The molecule has 0 amide bonds. The van der Waals surface area contributed by atoms with Crippen LogP contribution in [0.2, 0.25) is 0 Å². The summed E-state index contributed by atoms with van der Waals surface area (Å²) in [4.78, 5) is 4.42. The van der Waals surface area contributed by atoms with E-state index >= 15 is 0 Å². The first kappa shape index (κ1) is 14.5. The minimum absolute atomic E-state index is 0.180. The van der Waals surface area contributed by atoms with Gasteiger partial charge in [-0.1, -0.05) is 13.0 Å². The van der Waals surface area contributed by atoms with Crippen LogP contribution in [0, 0.1) is 0 Å². The lowest BCUT2D eigenvalue weighted by atomic mass is 10.1. The highest BCUT2D eigenvalue weighted by Gasteiger charge is 2.26. The standard InChI is InChI=1S/C17H20N2O3/c1-4-12-6-5-11(9-19-12)16-10-21-15-8-13(18-2)7-14(20-3)17(15)22-16/h5-9,16,18H,4,10H2,1-3H3. The van der Waals surface area contributed by atoms with Gasteiger partial charge in [-0.3, -0.25) is 4.98 Å². The highest BCUT2D eigenvalue weighted by atomic mass is 16.6. The van der Waals surface area contributed by atoms with E-state index in [9.17, 15) is 0 Å². The first-order valence-electron chi connectivity index (χ1n) is 7.39. The van der Waals surface area contributed by atoms with E-state index in [0.29, 0.717) is 23.9 Å². The van der Waals surface area contributed by atoms with Crippen LogP contribution in [0.1, 0.15) is 24.3 Å². The third kappa shape index (κ3) is 2.66. The number of pyridine rings is 1. The number of hydrogen-bond donors (Lipinski definition) is 1. The van der Waals surface area contributed by atoms with Crippen LogP contribution in [0.15, 0.2) is 30.5 Å². The second-order valence-electron chi connectivity index (χ2n) is 5.11. The quantitative estimate of drug-likeness (QED) is 0.939. The Labute approximate surface area is 130 Å². The molecule has 116 valence electrons. The zero-order valence-electron chi connectivity index (χ0n) is 13.1. The van der Waals surface area contributed by atoms with E-state index in [1.165, 1.54) is 0 Å². The fourth-order valence-electron chi connectivity index (χ4n) is 2.44. The number of aromatic nitrogens is 1. The van der Waals surface area contributed by atoms with Crippen LogP contribution in [0.25, 0.3) is 0 Å². The van der Waals surface area contributed by atoms with E-state index in [1.54, 1.807) is 7.11 Å². The summed E-state index contributed by atoms with van der Waals surface area (Å²) < 4.78 is 17.4. The van der Waals surface area contributed by atoms with Crippen molar-refractivity contribution in [1.29, 1.82) is 0 Å². The summed E-state index contributed by atoms with van der Waals surface area (Å²) in [6, 6.07) is 7.87. The first-order chi connectivity index (χ1) is 10.7. The van der Waals surface area contributed by atoms with Gasteiger partial charge in [-0.05, 0) is 12.5 Å². The summed E-state index contributed by atoms with van der Waals surface area (Å²) in [5.41, 5.74) is 2.99. The van der Waals surface area contributed by atoms with Crippen molar-refractivity contribution in [2.45, 2.75) is 19.4 Å². The second-order valence-corrected chi connectivity index (χ2v) is 5.11. The average molecular weight is 300 g/mol. The minimum atomic E-state index is -0.180. The predicted molar refractivity (Wildman–Crippen MR) is 85.0 cm³/mol. The third-order valence-corrected chi connectivity index (χ3v) is 3.76. The zero-order valence-corrected chi connectivity index (χ0v) is 13.1. The summed E-state index contributed by atoms with van der Waals surface area (Å²) in [5, 5.41) is 3.08. The molecule has 0 spiro atoms. The number of nitrogens with one attached hydrogen (secondary N) is 1. The molecule has 0 bridgehead atoms. The molecule has 0 aliphatic carbocycles. The highest BCUT2D eigenvalue weighted by Crippen LogP contribution is 2.45. The van der Waals surface area contributed by atoms with E-state index < -0.39 is 0 Å². The number of ether oxygens (including phenoxy) is 3. The van der Waals surface area contributed by atoms with Crippen molar-refractivity contribution < 1.29 is 14.2 Å². The van der Waals surface area contributed by atoms with E-state index in [4.69, 9.17) is 14.2 Å². The van der Waals surface area contributed by atoms with E-state index in [2.05, 4.69) is 17.2 Å². The van der Waals surface area contributed by atoms with Crippen molar-refractivity contribution >= 4 is 5.69 Å². The van der Waals surface area contributed by atoms with Crippen molar-refractivity contribution in [3.8, 4) is 17.2 Å². The van der Waals surface area contributed by atoms with Crippen LogP contribution in [-0.2, 0) is 6.42 Å². The number of nitrogens with zero attached hydrogens (tertiary/aromatic N) is 1. The van der Waals surface area contributed by atoms with Crippen molar-refractivity contribution in [3.05, 3.63) is 41.7 Å². The number of anilines is 1. The fraction of sp³-hybridized carbons (Fsp3) is 0.353. The molecule has 22 heavy (non-hydrogen) atoms. The molecule has 1 aromatic heterocycles. The molecule has 0 radical (unpaired) electrons. The first-order valence-corrected chi connectivity index (χ1v) is 7.39. The molecule has 0 saturated heterocycles. The smallest absolute Gasteiger partial charge is 0.204 e. The van der Waals surface area contributed by atoms with Crippen molar-refractivity contribution in [2.75, 3.05) is 26.1 Å². The van der Waals surface area contributed by atoms with E-state index in [1.807, 2.05) is 37.5 Å². The number of fused-ring (bicyclic) bond motifs is 1. The fourth-order valence-corrected chi connectivity index (χ4v) is 2.44. The largest absolute Gasteiger partial charge is 0.493 e. The number of rotatable bonds is 4. The van der Waals surface area contributed by atoms with Crippen LogP contribution in [0.5, 0.6) is 17.2 Å². The molecule has 0 fully saturated rings. The summed E-state index contributed by atoms with van der Waals surface area (Å²) in [7, 11) is 3.48. The SMILES string of the molecule is CCc1ccc(C2COc3cc(NC)cc(OC)c3O2)cn1. The Bertz CT molecular complexity index is 638. The molecule has 1 N–H and O–H groups in total. The lowest BCUT2D eigenvalue weighted by molar-refractivity contribution is 0.0870. The maximum atomic E-state index is 6.10. The zero-order chi connectivity index (χ0) is 15.5. The molecule has 2 heterocycles. The molecule has 5 heteroatoms. The molecule has 1 unspecified atom stereocenters. The highest BCUT2D eigenvalue weighted by molar-refractivity contribution is 5.63. The number of benzene rings is 1. The Hall–Kier alpha value is -2.43. The van der Waals surface area contributed by atoms with Gasteiger partial charge in [0.25, 0.3) is 0 Å². The van der Waals surface area contributed by atoms with Gasteiger partial charge in [0, 0.05) is 42.3 Å². The monoisotopic (exact) mass is 300 g/mol. The van der Waals surface area contributed by atoms with Gasteiger partial charge in [-0.15, -0.1) is 0 Å². The van der Waals surface area contributed by atoms with Gasteiger partial charge >= 0.3 is 0 Å². The Balaban J connectivity index is 1.89. The van der Waals surface area contributed by atoms with Gasteiger partial charge < -0.3 is 19.5 Å². The molecule has 5 nitrogen and oxygen atoms in total. The second kappa shape index (κ2) is 6.13. The molecule has 3 rings (SSSR count). The predicted octanol–water partition coefficient (Wildman–Crippen LogP) is 3.21. The van der Waals surface area contributed by atoms with Crippen molar-refractivity contribution in [1.82, 2.24) is 4.98 Å². The summed E-state index contributed by atoms with van der Waals surface area (Å²) in [6.45, 7) is 2.54. The molecular weight excluding hydrogens is 280 g/mol. The number of methoxy groups -OCH3 is 1. The van der Waals surface area contributed by atoms with Crippen LogP contribution in [-0.4, -0.2) is 25.7 Å². The Kier molecular flexibility index (Phi) is 4.04. The molecule has 1 atom stereocenters. The molecule has 1 aliphatic rings. The van der Waals surface area contributed by atoms with Gasteiger partial charge in [0.1, 0.15) is 6.61 Å². The maximum Gasteiger partial charge on any atom is 0.204 e. The molecule has 1 aliphatic heterocycles. The number of hydrogen-bond acceptors (Lipinski definition) is 5. The molecular formula is C17H20N2O3. The number of aryl methyl sites for hydroxylation is 1. The summed E-state index contributed by atoms with van der Waals surface area (Å²) >= 11 is 0. The molecule has 1 aromatic carbocycles. The Morgan fingerprint density at radius 1 is 1.36 bits per heavy atom. The maximum absolute atomic E-state index is 6.10. The summed E-state index contributed by atoms with van der Waals surface area (Å²) in [6.07, 6.45) is 2.60. The lowest BCUT2D eigenvalue weighted by Crippen LogP contribution is -2.22. The lowest BCUT2D eigenvalue weighted by Gasteiger charge is -2.28. The topological polar surface area (TPSA) is 52.6 Å². The van der Waals surface area contributed by atoms with Crippen LogP contribution >= 0.6 is 0 Å². The van der Waals surface area contributed by atoms with Crippen LogP contribution in [0.4, 0.5) is 5.69 Å². The Morgan fingerprint density at radius 3 is 2.86 bits per heavy atom. The van der Waals surface area contributed by atoms with Crippen LogP contribution < -0.4 is 19.5 Å². The van der Waals surface area contributed by atoms with Gasteiger partial charge in [-0.2, -0.15) is 0 Å².